The lowest BCUT2D eigenvalue weighted by atomic mass is 10.2. The van der Waals surface area contributed by atoms with Gasteiger partial charge in [0.2, 0.25) is 0 Å². The Morgan fingerprint density at radius 1 is 1.50 bits per heavy atom. The Kier molecular flexibility index (Phi) is 3.41. The molecule has 2 aromatic rings. The molecule has 0 saturated carbocycles. The average Bonchev–Trinajstić information content (AvgIpc) is 2.75. The Morgan fingerprint density at radius 3 is 3.19 bits per heavy atom. The van der Waals surface area contributed by atoms with Gasteiger partial charge in [-0.2, -0.15) is 0 Å². The summed E-state index contributed by atoms with van der Waals surface area (Å²) in [7, 11) is 0. The molecule has 1 unspecified atom stereocenters. The molecule has 4 nitrogen and oxygen atoms in total. The zero-order valence-electron chi connectivity index (χ0n) is 9.56. The van der Waals surface area contributed by atoms with Gasteiger partial charge in [-0.15, -0.1) is 0 Å². The lowest BCUT2D eigenvalue weighted by Crippen LogP contribution is -2.29. The SMILES string of the molecule is CCCC(N)CNc1cccc2nccn12. The topological polar surface area (TPSA) is 55.3 Å². The second-order valence-corrected chi connectivity index (χ2v) is 4.00. The molecular formula is C12H18N4. The fourth-order valence-corrected chi connectivity index (χ4v) is 1.80. The lowest BCUT2D eigenvalue weighted by molar-refractivity contribution is 0.625. The summed E-state index contributed by atoms with van der Waals surface area (Å²) in [6, 6.07) is 6.23. The predicted octanol–water partition coefficient (Wildman–Crippen LogP) is 1.87. The Hall–Kier alpha value is -1.55. The van der Waals surface area contributed by atoms with Crippen molar-refractivity contribution in [2.75, 3.05) is 11.9 Å². The zero-order valence-corrected chi connectivity index (χ0v) is 9.56. The van der Waals surface area contributed by atoms with Crippen LogP contribution in [0.4, 0.5) is 5.82 Å². The molecule has 0 fully saturated rings. The summed E-state index contributed by atoms with van der Waals surface area (Å²) in [5, 5.41) is 3.36. The van der Waals surface area contributed by atoms with Crippen LogP contribution in [-0.2, 0) is 0 Å². The molecule has 0 aliphatic rings. The van der Waals surface area contributed by atoms with Gasteiger partial charge in [0.15, 0.2) is 0 Å². The first-order chi connectivity index (χ1) is 7.81. The Balaban J connectivity index is 2.06. The van der Waals surface area contributed by atoms with E-state index >= 15 is 0 Å². The van der Waals surface area contributed by atoms with Gasteiger partial charge in [-0.25, -0.2) is 4.98 Å². The van der Waals surface area contributed by atoms with Gasteiger partial charge in [0, 0.05) is 25.0 Å². The number of anilines is 1. The molecule has 3 N–H and O–H groups in total. The number of nitrogens with zero attached hydrogens (tertiary/aromatic N) is 2. The molecule has 4 heteroatoms. The van der Waals surface area contributed by atoms with Crippen LogP contribution in [0.1, 0.15) is 19.8 Å². The van der Waals surface area contributed by atoms with Crippen molar-refractivity contribution < 1.29 is 0 Å². The van der Waals surface area contributed by atoms with E-state index in [-0.39, 0.29) is 6.04 Å². The molecule has 0 amide bonds. The van der Waals surface area contributed by atoms with E-state index < -0.39 is 0 Å². The van der Waals surface area contributed by atoms with Gasteiger partial charge in [-0.3, -0.25) is 4.40 Å². The molecule has 0 aliphatic carbocycles. The molecule has 0 bridgehead atoms. The molecule has 2 rings (SSSR count). The maximum Gasteiger partial charge on any atom is 0.138 e. The van der Waals surface area contributed by atoms with Gasteiger partial charge in [0.25, 0.3) is 0 Å². The van der Waals surface area contributed by atoms with Gasteiger partial charge in [-0.05, 0) is 18.6 Å². The minimum absolute atomic E-state index is 0.212. The Morgan fingerprint density at radius 2 is 2.38 bits per heavy atom. The van der Waals surface area contributed by atoms with Crippen LogP contribution in [0.5, 0.6) is 0 Å². The van der Waals surface area contributed by atoms with Crippen LogP contribution in [0.3, 0.4) is 0 Å². The van der Waals surface area contributed by atoms with Crippen molar-refractivity contribution in [2.45, 2.75) is 25.8 Å². The molecule has 1 atom stereocenters. The first-order valence-corrected chi connectivity index (χ1v) is 5.73. The highest BCUT2D eigenvalue weighted by atomic mass is 15.1. The van der Waals surface area contributed by atoms with Gasteiger partial charge in [0.1, 0.15) is 11.5 Å². The molecule has 0 aromatic carbocycles. The minimum atomic E-state index is 0.212. The molecule has 86 valence electrons. The van der Waals surface area contributed by atoms with Crippen molar-refractivity contribution in [1.82, 2.24) is 9.38 Å². The van der Waals surface area contributed by atoms with E-state index in [1.165, 1.54) is 0 Å². The first-order valence-electron chi connectivity index (χ1n) is 5.73. The second kappa shape index (κ2) is 4.99. The summed E-state index contributed by atoms with van der Waals surface area (Å²) in [5.74, 6) is 1.04. The number of nitrogens with two attached hydrogens (primary N) is 1. The number of pyridine rings is 1. The van der Waals surface area contributed by atoms with Crippen molar-refractivity contribution >= 4 is 11.5 Å². The third-order valence-electron chi connectivity index (χ3n) is 2.63. The summed E-state index contributed by atoms with van der Waals surface area (Å²) < 4.78 is 2.03. The zero-order chi connectivity index (χ0) is 11.4. The van der Waals surface area contributed by atoms with E-state index in [9.17, 15) is 0 Å². The molecule has 0 aliphatic heterocycles. The summed E-state index contributed by atoms with van der Waals surface area (Å²) in [4.78, 5) is 4.23. The number of hydrogen-bond acceptors (Lipinski definition) is 3. The highest BCUT2D eigenvalue weighted by molar-refractivity contribution is 5.49. The number of hydrogen-bond donors (Lipinski definition) is 2. The first kappa shape index (κ1) is 11.0. The number of fused-ring (bicyclic) bond motifs is 1. The van der Waals surface area contributed by atoms with E-state index in [1.54, 1.807) is 6.20 Å². The van der Waals surface area contributed by atoms with Crippen LogP contribution in [-0.4, -0.2) is 22.0 Å². The fourth-order valence-electron chi connectivity index (χ4n) is 1.80. The second-order valence-electron chi connectivity index (χ2n) is 4.00. The van der Waals surface area contributed by atoms with E-state index in [1.807, 2.05) is 28.8 Å². The van der Waals surface area contributed by atoms with Crippen LogP contribution in [0.15, 0.2) is 30.6 Å². The van der Waals surface area contributed by atoms with Crippen LogP contribution in [0.25, 0.3) is 5.65 Å². The van der Waals surface area contributed by atoms with Crippen LogP contribution in [0.2, 0.25) is 0 Å². The maximum atomic E-state index is 5.96. The molecule has 2 aromatic heterocycles. The van der Waals surface area contributed by atoms with Crippen molar-refractivity contribution in [2.24, 2.45) is 5.73 Å². The Bertz CT molecular complexity index is 449. The van der Waals surface area contributed by atoms with E-state index in [2.05, 4.69) is 17.2 Å². The van der Waals surface area contributed by atoms with Gasteiger partial charge >= 0.3 is 0 Å². The number of nitrogens with one attached hydrogen (secondary N) is 1. The summed E-state index contributed by atoms with van der Waals surface area (Å²) in [6.45, 7) is 2.95. The summed E-state index contributed by atoms with van der Waals surface area (Å²) in [6.07, 6.45) is 5.92. The predicted molar refractivity (Wildman–Crippen MR) is 66.6 cm³/mol. The molecular weight excluding hydrogens is 200 g/mol. The summed E-state index contributed by atoms with van der Waals surface area (Å²) >= 11 is 0. The standard InChI is InChI=1S/C12H18N4/c1-2-4-10(13)9-15-12-6-3-5-11-14-7-8-16(11)12/h3,5-8,10,15H,2,4,9,13H2,1H3. The highest BCUT2D eigenvalue weighted by Crippen LogP contribution is 2.10. The average molecular weight is 218 g/mol. The van der Waals surface area contributed by atoms with Crippen molar-refractivity contribution in [1.29, 1.82) is 0 Å². The van der Waals surface area contributed by atoms with E-state index in [4.69, 9.17) is 5.73 Å². The summed E-state index contributed by atoms with van der Waals surface area (Å²) in [5.41, 5.74) is 6.92. The normalized spacial score (nSPS) is 12.9. The highest BCUT2D eigenvalue weighted by Gasteiger charge is 2.03. The largest absolute Gasteiger partial charge is 0.370 e. The minimum Gasteiger partial charge on any atom is -0.370 e. The molecule has 0 spiro atoms. The van der Waals surface area contributed by atoms with E-state index in [0.29, 0.717) is 0 Å². The van der Waals surface area contributed by atoms with Crippen LogP contribution >= 0.6 is 0 Å². The van der Waals surface area contributed by atoms with Gasteiger partial charge in [0.05, 0.1) is 0 Å². The number of imidazole rings is 1. The molecule has 0 saturated heterocycles. The van der Waals surface area contributed by atoms with E-state index in [0.717, 1.165) is 30.9 Å². The van der Waals surface area contributed by atoms with Crippen molar-refractivity contribution in [3.05, 3.63) is 30.6 Å². The third kappa shape index (κ3) is 2.33. The Labute approximate surface area is 95.5 Å². The quantitative estimate of drug-likeness (QED) is 0.805. The lowest BCUT2D eigenvalue weighted by Gasteiger charge is -2.13. The molecule has 2 heterocycles. The molecule has 0 radical (unpaired) electrons. The molecule has 16 heavy (non-hydrogen) atoms. The fraction of sp³-hybridized carbons (Fsp3) is 0.417. The van der Waals surface area contributed by atoms with Crippen LogP contribution < -0.4 is 11.1 Å². The maximum absolute atomic E-state index is 5.96. The van der Waals surface area contributed by atoms with Gasteiger partial charge < -0.3 is 11.1 Å². The van der Waals surface area contributed by atoms with Gasteiger partial charge in [-0.1, -0.05) is 19.4 Å². The van der Waals surface area contributed by atoms with Crippen molar-refractivity contribution in [3.8, 4) is 0 Å². The number of aromatic nitrogens is 2. The number of rotatable bonds is 5. The van der Waals surface area contributed by atoms with Crippen molar-refractivity contribution in [3.63, 3.8) is 0 Å². The van der Waals surface area contributed by atoms with Crippen LogP contribution in [0, 0.1) is 0 Å². The monoisotopic (exact) mass is 218 g/mol. The smallest absolute Gasteiger partial charge is 0.138 e. The third-order valence-corrected chi connectivity index (χ3v) is 2.63.